The van der Waals surface area contributed by atoms with Crippen LogP contribution in [-0.4, -0.2) is 63.3 Å². The van der Waals surface area contributed by atoms with Crippen molar-refractivity contribution in [3.63, 3.8) is 0 Å². The van der Waals surface area contributed by atoms with Gasteiger partial charge in [-0.05, 0) is 37.5 Å². The Bertz CT molecular complexity index is 758. The molecule has 1 aliphatic rings. The minimum absolute atomic E-state index is 0.0631. The lowest BCUT2D eigenvalue weighted by Gasteiger charge is -2.26. The van der Waals surface area contributed by atoms with Gasteiger partial charge < -0.3 is 9.64 Å². The van der Waals surface area contributed by atoms with Gasteiger partial charge in [0.1, 0.15) is 0 Å². The number of carbonyl (C=O) groups is 2. The molecule has 1 aromatic carbocycles. The molecule has 25 heavy (non-hydrogen) atoms. The third-order valence-corrected chi connectivity index (χ3v) is 6.11. The Labute approximate surface area is 152 Å². The van der Waals surface area contributed by atoms with Gasteiger partial charge in [0.05, 0.1) is 15.5 Å². The number of halogens is 1. The van der Waals surface area contributed by atoms with Crippen LogP contribution in [0.15, 0.2) is 23.1 Å². The SMILES string of the molecule is CN(C)S(=O)(=O)c1ccc(Cl)c(C(=O)OCC(=O)N2CCCCC2)c1. The first-order valence-corrected chi connectivity index (χ1v) is 9.72. The molecular formula is C16H21ClN2O5S. The molecule has 1 aromatic rings. The van der Waals surface area contributed by atoms with Crippen LogP contribution in [0.25, 0.3) is 0 Å². The Kier molecular flexibility index (Phi) is 6.42. The summed E-state index contributed by atoms with van der Waals surface area (Å²) >= 11 is 5.98. The van der Waals surface area contributed by atoms with Gasteiger partial charge >= 0.3 is 5.97 Å². The van der Waals surface area contributed by atoms with Gasteiger partial charge in [-0.2, -0.15) is 0 Å². The number of amides is 1. The van der Waals surface area contributed by atoms with Crippen LogP contribution in [0.4, 0.5) is 0 Å². The number of piperidine rings is 1. The summed E-state index contributed by atoms with van der Waals surface area (Å²) in [5.41, 5.74) is -0.0870. The first kappa shape index (κ1) is 19.7. The number of sulfonamides is 1. The standard InChI is InChI=1S/C16H21ClN2O5S/c1-18(2)25(22,23)12-6-7-14(17)13(10-12)16(21)24-11-15(20)19-8-4-3-5-9-19/h6-7,10H,3-5,8-9,11H2,1-2H3. The molecule has 9 heteroatoms. The lowest BCUT2D eigenvalue weighted by atomic mass is 10.1. The monoisotopic (exact) mass is 388 g/mol. The Morgan fingerprint density at radius 3 is 2.44 bits per heavy atom. The molecule has 0 atom stereocenters. The number of hydrogen-bond acceptors (Lipinski definition) is 5. The van der Waals surface area contributed by atoms with Crippen molar-refractivity contribution in [3.05, 3.63) is 28.8 Å². The number of hydrogen-bond donors (Lipinski definition) is 0. The molecule has 0 N–H and O–H groups in total. The lowest BCUT2D eigenvalue weighted by Crippen LogP contribution is -2.38. The fraction of sp³-hybridized carbons (Fsp3) is 0.500. The zero-order valence-electron chi connectivity index (χ0n) is 14.2. The van der Waals surface area contributed by atoms with Crippen molar-refractivity contribution >= 4 is 33.5 Å². The zero-order chi connectivity index (χ0) is 18.6. The van der Waals surface area contributed by atoms with E-state index in [1.165, 1.54) is 26.2 Å². The third kappa shape index (κ3) is 4.71. The second-order valence-electron chi connectivity index (χ2n) is 5.95. The van der Waals surface area contributed by atoms with Gasteiger partial charge in [0, 0.05) is 27.2 Å². The Morgan fingerprint density at radius 1 is 1.20 bits per heavy atom. The van der Waals surface area contributed by atoms with Crippen LogP contribution >= 0.6 is 11.6 Å². The lowest BCUT2D eigenvalue weighted by molar-refractivity contribution is -0.135. The predicted molar refractivity (Wildman–Crippen MR) is 93.0 cm³/mol. The summed E-state index contributed by atoms with van der Waals surface area (Å²) in [5.74, 6) is -1.09. The highest BCUT2D eigenvalue weighted by Gasteiger charge is 2.23. The van der Waals surface area contributed by atoms with Crippen molar-refractivity contribution < 1.29 is 22.7 Å². The van der Waals surface area contributed by atoms with Crippen LogP contribution in [0.5, 0.6) is 0 Å². The number of likely N-dealkylation sites (tertiary alicyclic amines) is 1. The van der Waals surface area contributed by atoms with Gasteiger partial charge in [0.2, 0.25) is 10.0 Å². The van der Waals surface area contributed by atoms with Gasteiger partial charge in [-0.15, -0.1) is 0 Å². The number of benzene rings is 1. The van der Waals surface area contributed by atoms with E-state index >= 15 is 0 Å². The van der Waals surface area contributed by atoms with Crippen molar-refractivity contribution in [1.82, 2.24) is 9.21 Å². The average Bonchev–Trinajstić information content (AvgIpc) is 2.60. The van der Waals surface area contributed by atoms with Gasteiger partial charge in [-0.25, -0.2) is 17.5 Å². The number of ether oxygens (including phenoxy) is 1. The third-order valence-electron chi connectivity index (χ3n) is 3.97. The minimum Gasteiger partial charge on any atom is -0.452 e. The maximum Gasteiger partial charge on any atom is 0.340 e. The molecule has 1 fully saturated rings. The summed E-state index contributed by atoms with van der Waals surface area (Å²) in [4.78, 5) is 25.8. The van der Waals surface area contributed by atoms with Crippen LogP contribution in [-0.2, 0) is 19.6 Å². The molecule has 1 amide bonds. The summed E-state index contributed by atoms with van der Waals surface area (Å²) in [5, 5.41) is 0.0631. The summed E-state index contributed by atoms with van der Waals surface area (Å²) in [6.45, 7) is 0.932. The molecule has 0 bridgehead atoms. The summed E-state index contributed by atoms with van der Waals surface area (Å²) in [7, 11) is -0.930. The van der Waals surface area contributed by atoms with Gasteiger partial charge in [0.25, 0.3) is 5.91 Å². The van der Waals surface area contributed by atoms with E-state index in [0.717, 1.165) is 29.6 Å². The van der Waals surface area contributed by atoms with Crippen molar-refractivity contribution in [2.24, 2.45) is 0 Å². The highest BCUT2D eigenvalue weighted by atomic mass is 35.5. The van der Waals surface area contributed by atoms with E-state index in [-0.39, 0.29) is 28.0 Å². The molecular weight excluding hydrogens is 368 g/mol. The second kappa shape index (κ2) is 8.16. The van der Waals surface area contributed by atoms with Crippen LogP contribution < -0.4 is 0 Å². The van der Waals surface area contributed by atoms with Crippen molar-refractivity contribution in [2.45, 2.75) is 24.2 Å². The molecule has 138 valence electrons. The number of esters is 1. The minimum atomic E-state index is -3.71. The van der Waals surface area contributed by atoms with Crippen LogP contribution in [0.3, 0.4) is 0 Å². The first-order chi connectivity index (χ1) is 11.7. The fourth-order valence-electron chi connectivity index (χ4n) is 2.47. The quantitative estimate of drug-likeness (QED) is 0.717. The maximum absolute atomic E-state index is 12.2. The van der Waals surface area contributed by atoms with Crippen LogP contribution in [0.2, 0.25) is 5.02 Å². The molecule has 0 unspecified atom stereocenters. The van der Waals surface area contributed by atoms with Crippen LogP contribution in [0, 0.1) is 0 Å². The Morgan fingerprint density at radius 2 is 1.84 bits per heavy atom. The number of nitrogens with zero attached hydrogens (tertiary/aromatic N) is 2. The second-order valence-corrected chi connectivity index (χ2v) is 8.51. The van der Waals surface area contributed by atoms with E-state index in [2.05, 4.69) is 0 Å². The molecule has 0 radical (unpaired) electrons. The van der Waals surface area contributed by atoms with Gasteiger partial charge in [-0.1, -0.05) is 11.6 Å². The molecule has 7 nitrogen and oxygen atoms in total. The average molecular weight is 389 g/mol. The maximum atomic E-state index is 12.2. The number of carbonyl (C=O) groups excluding carboxylic acids is 2. The van der Waals surface area contributed by atoms with Gasteiger partial charge in [0.15, 0.2) is 6.61 Å². The molecule has 1 saturated heterocycles. The normalized spacial score (nSPS) is 15.3. The zero-order valence-corrected chi connectivity index (χ0v) is 15.8. The largest absolute Gasteiger partial charge is 0.452 e. The van der Waals surface area contributed by atoms with Gasteiger partial charge in [-0.3, -0.25) is 4.79 Å². The number of rotatable bonds is 5. The van der Waals surface area contributed by atoms with Crippen LogP contribution in [0.1, 0.15) is 29.6 Å². The van der Waals surface area contributed by atoms with E-state index in [4.69, 9.17) is 16.3 Å². The topological polar surface area (TPSA) is 84.0 Å². The first-order valence-electron chi connectivity index (χ1n) is 7.90. The predicted octanol–water partition coefficient (Wildman–Crippen LogP) is 1.76. The highest BCUT2D eigenvalue weighted by molar-refractivity contribution is 7.89. The summed E-state index contributed by atoms with van der Waals surface area (Å²) in [6.07, 6.45) is 2.97. The Hall–Kier alpha value is -1.64. The van der Waals surface area contributed by atoms with E-state index in [1.807, 2.05) is 0 Å². The fourth-order valence-corrected chi connectivity index (χ4v) is 3.59. The van der Waals surface area contributed by atoms with E-state index in [0.29, 0.717) is 13.1 Å². The molecule has 2 rings (SSSR count). The summed E-state index contributed by atoms with van der Waals surface area (Å²) < 4.78 is 30.4. The highest BCUT2D eigenvalue weighted by Crippen LogP contribution is 2.23. The molecule has 1 aliphatic heterocycles. The van der Waals surface area contributed by atoms with Crippen molar-refractivity contribution in [1.29, 1.82) is 0 Å². The molecule has 1 heterocycles. The molecule has 0 spiro atoms. The van der Waals surface area contributed by atoms with Crippen molar-refractivity contribution in [3.8, 4) is 0 Å². The molecule has 0 aromatic heterocycles. The molecule has 0 aliphatic carbocycles. The smallest absolute Gasteiger partial charge is 0.340 e. The van der Waals surface area contributed by atoms with E-state index in [9.17, 15) is 18.0 Å². The van der Waals surface area contributed by atoms with E-state index < -0.39 is 16.0 Å². The van der Waals surface area contributed by atoms with Crippen molar-refractivity contribution in [2.75, 3.05) is 33.8 Å². The van der Waals surface area contributed by atoms with E-state index in [1.54, 1.807) is 4.90 Å². The molecule has 0 saturated carbocycles. The summed E-state index contributed by atoms with van der Waals surface area (Å²) in [6, 6.07) is 3.79. The Balaban J connectivity index is 2.09.